The van der Waals surface area contributed by atoms with Gasteiger partial charge in [-0.15, -0.1) is 11.3 Å². The van der Waals surface area contributed by atoms with Crippen LogP contribution < -0.4 is 11.3 Å². The number of aryl methyl sites for hydroxylation is 1. The largest absolute Gasteiger partial charge is 0.369 e. The molecule has 140 valence electrons. The molecule has 5 nitrogen and oxygen atoms in total. The number of thioether (sulfide) groups is 1. The predicted molar refractivity (Wildman–Crippen MR) is 115 cm³/mol. The monoisotopic (exact) mass is 407 g/mol. The van der Waals surface area contributed by atoms with E-state index in [1.54, 1.807) is 4.57 Å². The van der Waals surface area contributed by atoms with Gasteiger partial charge < -0.3 is 5.73 Å². The molecule has 0 fully saturated rings. The molecule has 28 heavy (non-hydrogen) atoms. The number of para-hydroxylation sites is 1. The molecule has 7 heteroatoms. The highest BCUT2D eigenvalue weighted by Crippen LogP contribution is 2.36. The lowest BCUT2D eigenvalue weighted by atomic mass is 10.1. The van der Waals surface area contributed by atoms with E-state index in [2.05, 4.69) is 0 Å². The van der Waals surface area contributed by atoms with Gasteiger partial charge >= 0.3 is 0 Å². The van der Waals surface area contributed by atoms with Crippen molar-refractivity contribution in [1.29, 1.82) is 0 Å². The molecule has 0 saturated carbocycles. The summed E-state index contributed by atoms with van der Waals surface area (Å²) in [7, 11) is 0. The predicted octanol–water partition coefficient (Wildman–Crippen LogP) is 4.00. The first-order valence-corrected chi connectivity index (χ1v) is 10.4. The van der Waals surface area contributed by atoms with Crippen molar-refractivity contribution in [2.75, 3.05) is 5.75 Å². The molecule has 0 aliphatic heterocycles. The van der Waals surface area contributed by atoms with Crippen LogP contribution in [0.1, 0.15) is 5.56 Å². The van der Waals surface area contributed by atoms with Gasteiger partial charge in [-0.2, -0.15) is 0 Å². The van der Waals surface area contributed by atoms with Crippen LogP contribution in [0.2, 0.25) is 0 Å². The van der Waals surface area contributed by atoms with Gasteiger partial charge in [-0.05, 0) is 30.2 Å². The topological polar surface area (TPSA) is 78.0 Å². The van der Waals surface area contributed by atoms with E-state index in [0.717, 1.165) is 16.0 Å². The second-order valence-corrected chi connectivity index (χ2v) is 8.17. The lowest BCUT2D eigenvalue weighted by molar-refractivity contribution is -0.115. The van der Waals surface area contributed by atoms with E-state index in [0.29, 0.717) is 21.1 Å². The van der Waals surface area contributed by atoms with E-state index in [-0.39, 0.29) is 11.3 Å². The number of fused-ring (bicyclic) bond motifs is 1. The summed E-state index contributed by atoms with van der Waals surface area (Å²) in [6, 6.07) is 19.3. The summed E-state index contributed by atoms with van der Waals surface area (Å²) in [5.74, 6) is -0.396. The Bertz CT molecular complexity index is 1220. The molecule has 0 unspecified atom stereocenters. The number of hydrogen-bond acceptors (Lipinski definition) is 5. The van der Waals surface area contributed by atoms with E-state index in [4.69, 9.17) is 10.7 Å². The summed E-state index contributed by atoms with van der Waals surface area (Å²) in [6.45, 7) is 1.95. The van der Waals surface area contributed by atoms with Crippen LogP contribution in [0.5, 0.6) is 0 Å². The SMILES string of the molecule is Cc1c(-c2ccccc2)sc2nc(SCC(N)=O)n(-c3ccccc3)c(=O)c12. The molecule has 2 aromatic heterocycles. The van der Waals surface area contributed by atoms with Gasteiger partial charge in [0.15, 0.2) is 5.16 Å². The first-order valence-electron chi connectivity index (χ1n) is 8.64. The number of carbonyl (C=O) groups excluding carboxylic acids is 1. The normalized spacial score (nSPS) is 11.0. The molecular weight excluding hydrogens is 390 g/mol. The summed E-state index contributed by atoms with van der Waals surface area (Å²) in [6.07, 6.45) is 0. The fraction of sp³-hybridized carbons (Fsp3) is 0.0952. The second-order valence-electron chi connectivity index (χ2n) is 6.23. The highest BCUT2D eigenvalue weighted by Gasteiger charge is 2.20. The molecule has 2 aromatic carbocycles. The van der Waals surface area contributed by atoms with Crippen molar-refractivity contribution < 1.29 is 4.79 Å². The minimum absolute atomic E-state index is 0.0562. The van der Waals surface area contributed by atoms with E-state index >= 15 is 0 Å². The van der Waals surface area contributed by atoms with Crippen LogP contribution in [0.4, 0.5) is 0 Å². The molecule has 0 aliphatic carbocycles. The van der Waals surface area contributed by atoms with Gasteiger partial charge in [-0.3, -0.25) is 14.2 Å². The molecule has 4 rings (SSSR count). The van der Waals surface area contributed by atoms with Gasteiger partial charge in [-0.1, -0.05) is 60.3 Å². The van der Waals surface area contributed by atoms with Crippen molar-refractivity contribution in [3.8, 4) is 16.1 Å². The molecule has 4 aromatic rings. The van der Waals surface area contributed by atoms with Gasteiger partial charge in [-0.25, -0.2) is 4.98 Å². The number of amides is 1. The third-order valence-corrected chi connectivity index (χ3v) is 6.52. The third kappa shape index (κ3) is 3.34. The molecule has 2 N–H and O–H groups in total. The maximum absolute atomic E-state index is 13.5. The molecule has 2 heterocycles. The Morgan fingerprint density at radius 1 is 1.11 bits per heavy atom. The maximum Gasteiger partial charge on any atom is 0.267 e. The van der Waals surface area contributed by atoms with Gasteiger partial charge in [0, 0.05) is 4.88 Å². The molecule has 0 atom stereocenters. The lowest BCUT2D eigenvalue weighted by Crippen LogP contribution is -2.22. The van der Waals surface area contributed by atoms with Gasteiger partial charge in [0.1, 0.15) is 4.83 Å². The summed E-state index contributed by atoms with van der Waals surface area (Å²) < 4.78 is 1.56. The van der Waals surface area contributed by atoms with Gasteiger partial charge in [0.2, 0.25) is 5.91 Å². The summed E-state index contributed by atoms with van der Waals surface area (Å²) in [5, 5.41) is 1.07. The van der Waals surface area contributed by atoms with Crippen molar-refractivity contribution in [1.82, 2.24) is 9.55 Å². The molecular formula is C21H17N3O2S2. The number of nitrogens with two attached hydrogens (primary N) is 1. The molecule has 0 radical (unpaired) electrons. The molecule has 0 spiro atoms. The zero-order chi connectivity index (χ0) is 19.7. The fourth-order valence-electron chi connectivity index (χ4n) is 3.07. The summed E-state index contributed by atoms with van der Waals surface area (Å²) in [5.41, 5.74) is 7.85. The number of thiophene rings is 1. The maximum atomic E-state index is 13.5. The second kappa shape index (κ2) is 7.61. The average Bonchev–Trinajstić information content (AvgIpc) is 3.04. The molecule has 0 bridgehead atoms. The smallest absolute Gasteiger partial charge is 0.267 e. The number of hydrogen-bond donors (Lipinski definition) is 1. The van der Waals surface area contributed by atoms with E-state index < -0.39 is 5.91 Å². The summed E-state index contributed by atoms with van der Waals surface area (Å²) >= 11 is 2.66. The molecule has 0 aliphatic rings. The first-order chi connectivity index (χ1) is 13.6. The van der Waals surface area contributed by atoms with Gasteiger partial charge in [0.05, 0.1) is 16.8 Å². The third-order valence-electron chi connectivity index (χ3n) is 4.33. The Kier molecular flexibility index (Phi) is 5.02. The Hall–Kier alpha value is -2.90. The number of nitrogens with zero attached hydrogens (tertiary/aromatic N) is 2. The van der Waals surface area contributed by atoms with Crippen LogP contribution in [-0.4, -0.2) is 21.2 Å². The first kappa shape index (κ1) is 18.5. The minimum Gasteiger partial charge on any atom is -0.369 e. The highest BCUT2D eigenvalue weighted by molar-refractivity contribution is 7.99. The number of aromatic nitrogens is 2. The van der Waals surface area contributed by atoms with Crippen molar-refractivity contribution in [3.63, 3.8) is 0 Å². The Balaban J connectivity index is 1.99. The Morgan fingerprint density at radius 3 is 2.39 bits per heavy atom. The van der Waals surface area contributed by atoms with Crippen LogP contribution in [0.3, 0.4) is 0 Å². The zero-order valence-electron chi connectivity index (χ0n) is 15.1. The van der Waals surface area contributed by atoms with Crippen LogP contribution >= 0.6 is 23.1 Å². The standard InChI is InChI=1S/C21H17N3O2S2/c1-13-17-19(28-18(13)14-8-4-2-5-9-14)23-21(27-12-16(22)25)24(20(17)26)15-10-6-3-7-11-15/h2-11H,12H2,1H3,(H2,22,25). The van der Waals surface area contributed by atoms with Crippen molar-refractivity contribution in [2.24, 2.45) is 5.73 Å². The van der Waals surface area contributed by atoms with Gasteiger partial charge in [0.25, 0.3) is 5.56 Å². The highest BCUT2D eigenvalue weighted by atomic mass is 32.2. The van der Waals surface area contributed by atoms with Crippen LogP contribution in [0, 0.1) is 6.92 Å². The van der Waals surface area contributed by atoms with Crippen molar-refractivity contribution >= 4 is 39.2 Å². The minimum atomic E-state index is -0.453. The van der Waals surface area contributed by atoms with E-state index in [1.807, 2.05) is 67.6 Å². The quantitative estimate of drug-likeness (QED) is 0.401. The average molecular weight is 408 g/mol. The van der Waals surface area contributed by atoms with Crippen LogP contribution in [0.25, 0.3) is 26.3 Å². The lowest BCUT2D eigenvalue weighted by Gasteiger charge is -2.11. The summed E-state index contributed by atoms with van der Waals surface area (Å²) in [4.78, 5) is 31.2. The number of benzene rings is 2. The van der Waals surface area contributed by atoms with Crippen molar-refractivity contribution in [2.45, 2.75) is 12.1 Å². The zero-order valence-corrected chi connectivity index (χ0v) is 16.7. The van der Waals surface area contributed by atoms with E-state index in [9.17, 15) is 9.59 Å². The Labute approximate surface area is 169 Å². The Morgan fingerprint density at radius 2 is 1.75 bits per heavy atom. The number of primary amides is 1. The number of rotatable bonds is 5. The fourth-order valence-corrected chi connectivity index (χ4v) is 5.05. The van der Waals surface area contributed by atoms with Crippen LogP contribution in [-0.2, 0) is 4.79 Å². The molecule has 1 amide bonds. The van der Waals surface area contributed by atoms with E-state index in [1.165, 1.54) is 23.1 Å². The van der Waals surface area contributed by atoms with Crippen molar-refractivity contribution in [3.05, 3.63) is 76.6 Å². The molecule has 0 saturated heterocycles. The number of carbonyl (C=O) groups is 1. The van der Waals surface area contributed by atoms with Crippen LogP contribution in [0.15, 0.2) is 70.6 Å².